The summed E-state index contributed by atoms with van der Waals surface area (Å²) in [5, 5.41) is 15.8. The van der Waals surface area contributed by atoms with Gasteiger partial charge in [-0.2, -0.15) is 9.97 Å². The van der Waals surface area contributed by atoms with E-state index in [-0.39, 0.29) is 22.6 Å². The van der Waals surface area contributed by atoms with Gasteiger partial charge in [-0.15, -0.1) is 6.42 Å². The molecule has 9 nitrogen and oxygen atoms in total. The SMILES string of the molecule is C#Cc1c(F)ccc2cc(O)cc(-c3cnc4c(N5CC6CCC(C5)N6)nc(OCC5(CN6CCOCC6)CC5)nc4c3C3CC3)c12. The van der Waals surface area contributed by atoms with Gasteiger partial charge in [0.05, 0.1) is 25.4 Å². The van der Waals surface area contributed by atoms with Crippen molar-refractivity contribution in [3.63, 3.8) is 0 Å². The Morgan fingerprint density at radius 3 is 2.55 bits per heavy atom. The van der Waals surface area contributed by atoms with Crippen LogP contribution in [0.5, 0.6) is 11.8 Å². The molecule has 2 unspecified atom stereocenters. The van der Waals surface area contributed by atoms with E-state index in [1.807, 2.05) is 6.20 Å². The lowest BCUT2D eigenvalue weighted by Gasteiger charge is -2.34. The number of hydrogen-bond donors (Lipinski definition) is 2. The lowest BCUT2D eigenvalue weighted by atomic mass is 9.90. The Labute approximate surface area is 273 Å². The summed E-state index contributed by atoms with van der Waals surface area (Å²) in [4.78, 5) is 20.1. The van der Waals surface area contributed by atoms with Gasteiger partial charge in [-0.25, -0.2) is 4.39 Å². The highest BCUT2D eigenvalue weighted by molar-refractivity contribution is 6.04. The van der Waals surface area contributed by atoms with E-state index in [0.29, 0.717) is 41.0 Å². The maximum absolute atomic E-state index is 15.1. The van der Waals surface area contributed by atoms with E-state index in [4.69, 9.17) is 30.8 Å². The van der Waals surface area contributed by atoms with Gasteiger partial charge in [0.2, 0.25) is 0 Å². The van der Waals surface area contributed by atoms with Crippen LogP contribution in [-0.4, -0.2) is 89.6 Å². The van der Waals surface area contributed by atoms with Crippen molar-refractivity contribution in [2.75, 3.05) is 57.4 Å². The van der Waals surface area contributed by atoms with Gasteiger partial charge in [0.15, 0.2) is 5.82 Å². The van der Waals surface area contributed by atoms with Gasteiger partial charge in [0, 0.05) is 67.4 Å². The summed E-state index contributed by atoms with van der Waals surface area (Å²) in [5.74, 6) is 3.25. The Morgan fingerprint density at radius 2 is 1.83 bits per heavy atom. The van der Waals surface area contributed by atoms with Crippen molar-refractivity contribution in [1.82, 2.24) is 25.2 Å². The molecule has 9 rings (SSSR count). The minimum atomic E-state index is -0.464. The number of nitrogens with zero attached hydrogens (tertiary/aromatic N) is 5. The van der Waals surface area contributed by atoms with Crippen molar-refractivity contribution >= 4 is 27.6 Å². The zero-order valence-electron chi connectivity index (χ0n) is 26.5. The van der Waals surface area contributed by atoms with Gasteiger partial charge in [-0.3, -0.25) is 9.88 Å². The quantitative estimate of drug-likeness (QED) is 0.260. The summed E-state index contributed by atoms with van der Waals surface area (Å²) < 4.78 is 27.2. The van der Waals surface area contributed by atoms with Gasteiger partial charge in [-0.05, 0) is 79.2 Å². The second-order valence-electron chi connectivity index (χ2n) is 14.3. The highest BCUT2D eigenvalue weighted by Crippen LogP contribution is 2.50. The van der Waals surface area contributed by atoms with E-state index < -0.39 is 5.82 Å². The van der Waals surface area contributed by atoms with Crippen LogP contribution in [0.1, 0.15) is 55.6 Å². The van der Waals surface area contributed by atoms with Crippen molar-refractivity contribution in [2.45, 2.75) is 56.5 Å². The van der Waals surface area contributed by atoms with Crippen LogP contribution >= 0.6 is 0 Å². The molecule has 5 aliphatic rings. The van der Waals surface area contributed by atoms with Crippen molar-refractivity contribution in [2.24, 2.45) is 5.41 Å². The van der Waals surface area contributed by atoms with Crippen molar-refractivity contribution in [1.29, 1.82) is 0 Å². The highest BCUT2D eigenvalue weighted by Gasteiger charge is 2.45. The zero-order chi connectivity index (χ0) is 31.7. The number of aromatic hydroxyl groups is 1. The lowest BCUT2D eigenvalue weighted by Crippen LogP contribution is -2.51. The summed E-state index contributed by atoms with van der Waals surface area (Å²) in [6.07, 6.45) is 14.3. The molecule has 47 heavy (non-hydrogen) atoms. The molecule has 2 saturated carbocycles. The first kappa shape index (κ1) is 29.1. The van der Waals surface area contributed by atoms with E-state index in [2.05, 4.69) is 21.0 Å². The van der Waals surface area contributed by atoms with E-state index in [1.165, 1.54) is 6.07 Å². The summed E-state index contributed by atoms with van der Waals surface area (Å²) in [6.45, 7) is 6.75. The fourth-order valence-electron chi connectivity index (χ4n) is 8.07. The van der Waals surface area contributed by atoms with Crippen molar-refractivity contribution in [3.8, 4) is 35.2 Å². The van der Waals surface area contributed by atoms with Crippen LogP contribution in [0, 0.1) is 23.6 Å². The smallest absolute Gasteiger partial charge is 0.319 e. The predicted octanol–water partition coefficient (Wildman–Crippen LogP) is 4.98. The van der Waals surface area contributed by atoms with Crippen LogP contribution < -0.4 is 15.0 Å². The first-order valence-electron chi connectivity index (χ1n) is 17.0. The van der Waals surface area contributed by atoms with Crippen LogP contribution in [0.15, 0.2) is 30.5 Å². The molecule has 4 aromatic rings. The molecule has 2 aromatic carbocycles. The molecular formula is C37H39FN6O3. The zero-order valence-corrected chi connectivity index (χ0v) is 26.5. The predicted molar refractivity (Wildman–Crippen MR) is 178 cm³/mol. The molecule has 5 fully saturated rings. The minimum Gasteiger partial charge on any atom is -0.508 e. The monoisotopic (exact) mass is 634 g/mol. The molecule has 2 aliphatic carbocycles. The molecule has 5 heterocycles. The molecule has 3 saturated heterocycles. The second-order valence-corrected chi connectivity index (χ2v) is 14.3. The number of phenols is 1. The number of anilines is 1. The number of morpholine rings is 1. The Balaban J connectivity index is 1.18. The molecule has 2 aromatic heterocycles. The first-order chi connectivity index (χ1) is 23.0. The molecule has 2 bridgehead atoms. The minimum absolute atomic E-state index is 0.0858. The van der Waals surface area contributed by atoms with Crippen LogP contribution in [0.4, 0.5) is 10.2 Å². The number of ether oxygens (including phenoxy) is 2. The molecule has 0 radical (unpaired) electrons. The maximum Gasteiger partial charge on any atom is 0.319 e. The number of phenolic OH excluding ortho intramolecular Hbond substituents is 1. The van der Waals surface area contributed by atoms with Gasteiger partial charge in [-0.1, -0.05) is 12.0 Å². The molecule has 3 aliphatic heterocycles. The van der Waals surface area contributed by atoms with E-state index >= 15 is 4.39 Å². The van der Waals surface area contributed by atoms with E-state index in [0.717, 1.165) is 112 Å². The van der Waals surface area contributed by atoms with Gasteiger partial charge < -0.3 is 24.8 Å². The number of halogens is 1. The number of fused-ring (bicyclic) bond motifs is 4. The number of nitrogens with one attached hydrogen (secondary N) is 1. The molecule has 0 spiro atoms. The topological polar surface area (TPSA) is 95.9 Å². The maximum atomic E-state index is 15.1. The fraction of sp³-hybridized carbons (Fsp3) is 0.486. The molecule has 2 N–H and O–H groups in total. The summed E-state index contributed by atoms with van der Waals surface area (Å²) in [7, 11) is 0. The second kappa shape index (κ2) is 11.3. The number of rotatable bonds is 8. The first-order valence-corrected chi connectivity index (χ1v) is 17.0. The molecule has 0 amide bonds. The lowest BCUT2D eigenvalue weighted by molar-refractivity contribution is 0.0231. The fourth-order valence-corrected chi connectivity index (χ4v) is 8.07. The van der Waals surface area contributed by atoms with Crippen LogP contribution in [-0.2, 0) is 4.74 Å². The number of aromatic nitrogens is 3. The third-order valence-corrected chi connectivity index (χ3v) is 10.8. The molecule has 2 atom stereocenters. The average Bonchev–Trinajstić information content (AvgIpc) is 4.03. The summed E-state index contributed by atoms with van der Waals surface area (Å²) >= 11 is 0. The van der Waals surface area contributed by atoms with Crippen molar-refractivity contribution < 1.29 is 19.0 Å². The largest absolute Gasteiger partial charge is 0.508 e. The summed E-state index contributed by atoms with van der Waals surface area (Å²) in [6, 6.07) is 7.54. The van der Waals surface area contributed by atoms with Crippen LogP contribution in [0.25, 0.3) is 32.9 Å². The number of terminal acetylenes is 1. The number of pyridine rings is 1. The van der Waals surface area contributed by atoms with Gasteiger partial charge >= 0.3 is 6.01 Å². The third kappa shape index (κ3) is 5.35. The van der Waals surface area contributed by atoms with Gasteiger partial charge in [0.1, 0.15) is 22.6 Å². The van der Waals surface area contributed by atoms with Crippen LogP contribution in [0.3, 0.4) is 0 Å². The van der Waals surface area contributed by atoms with Crippen LogP contribution in [0.2, 0.25) is 0 Å². The van der Waals surface area contributed by atoms with Crippen molar-refractivity contribution in [3.05, 3.63) is 47.4 Å². The average molecular weight is 635 g/mol. The number of hydrogen-bond acceptors (Lipinski definition) is 9. The Bertz CT molecular complexity index is 1920. The number of piperazine rings is 1. The normalized spacial score (nSPS) is 23.7. The Hall–Kier alpha value is -4.04. The van der Waals surface area contributed by atoms with Gasteiger partial charge in [0.25, 0.3) is 0 Å². The molecular weight excluding hydrogens is 595 g/mol. The summed E-state index contributed by atoms with van der Waals surface area (Å²) in [5.41, 5.74) is 4.32. The molecule has 10 heteroatoms. The Morgan fingerprint density at radius 1 is 1.04 bits per heavy atom. The third-order valence-electron chi connectivity index (χ3n) is 10.8. The van der Waals surface area contributed by atoms with E-state index in [9.17, 15) is 5.11 Å². The van der Waals surface area contributed by atoms with E-state index in [1.54, 1.807) is 18.2 Å². The standard InChI is InChI=1S/C37H39FN6O3/c1-2-27-30(38)8-5-23-15-26(45)16-28(31(23)27)29-17-39-34-33(32(29)22-3-4-22)41-36(42-35(34)44-18-24-6-7-25(19-44)40-24)47-21-37(9-10-37)20-43-11-13-46-14-12-43/h1,5,8,15-17,22,24-25,40,45H,3-4,6-7,9-14,18-21H2. The molecule has 242 valence electrons. The highest BCUT2D eigenvalue weighted by atomic mass is 19.1. The Kier molecular flexibility index (Phi) is 7.00. The number of benzene rings is 2.